The molecule has 1 unspecified atom stereocenters. The Morgan fingerprint density at radius 3 is 2.75 bits per heavy atom. The number of benzene rings is 1. The zero-order chi connectivity index (χ0) is 14.1. The topological polar surface area (TPSA) is 51.3 Å². The van der Waals surface area contributed by atoms with Gasteiger partial charge in [-0.2, -0.15) is 0 Å². The van der Waals surface area contributed by atoms with Gasteiger partial charge in [0.05, 0.1) is 6.10 Å². The first-order chi connectivity index (χ1) is 9.66. The van der Waals surface area contributed by atoms with Gasteiger partial charge in [0.2, 0.25) is 0 Å². The van der Waals surface area contributed by atoms with Crippen LogP contribution in [0.1, 0.15) is 22.9 Å². The Balaban J connectivity index is 1.88. The molecule has 1 atom stereocenters. The van der Waals surface area contributed by atoms with Crippen molar-refractivity contribution in [1.29, 1.82) is 0 Å². The minimum Gasteiger partial charge on any atom is -0.387 e. The highest BCUT2D eigenvalue weighted by molar-refractivity contribution is 5.87. The number of aryl methyl sites for hydroxylation is 2. The molecular weight excluding hydrogens is 250 g/mol. The van der Waals surface area contributed by atoms with Crippen LogP contribution in [0.3, 0.4) is 0 Å². The number of hydrogen-bond donors (Lipinski definition) is 3. The highest BCUT2D eigenvalue weighted by Gasteiger charge is 2.20. The first-order valence-electron chi connectivity index (χ1n) is 7.35. The molecule has 0 bridgehead atoms. The van der Waals surface area contributed by atoms with E-state index in [4.69, 9.17) is 0 Å². The number of aromatic nitrogens is 1. The Morgan fingerprint density at radius 1 is 1.25 bits per heavy atom. The van der Waals surface area contributed by atoms with Crippen LogP contribution >= 0.6 is 0 Å². The van der Waals surface area contributed by atoms with E-state index in [1.165, 1.54) is 5.56 Å². The van der Waals surface area contributed by atoms with E-state index >= 15 is 0 Å². The number of hydrogen-bond acceptors (Lipinski definition) is 3. The minimum atomic E-state index is -0.427. The monoisotopic (exact) mass is 273 g/mol. The number of nitrogens with zero attached hydrogens (tertiary/aromatic N) is 1. The molecule has 2 heterocycles. The third-order valence-electron chi connectivity index (χ3n) is 4.25. The molecule has 1 fully saturated rings. The number of aromatic amines is 1. The summed E-state index contributed by atoms with van der Waals surface area (Å²) in [6.45, 7) is 8.91. The Kier molecular flexibility index (Phi) is 3.78. The zero-order valence-electron chi connectivity index (χ0n) is 12.2. The van der Waals surface area contributed by atoms with Gasteiger partial charge in [0.1, 0.15) is 0 Å². The van der Waals surface area contributed by atoms with E-state index < -0.39 is 6.10 Å². The summed E-state index contributed by atoms with van der Waals surface area (Å²) in [6.07, 6.45) is -0.427. The number of rotatable bonds is 3. The van der Waals surface area contributed by atoms with E-state index in [9.17, 15) is 5.11 Å². The molecule has 1 saturated heterocycles. The van der Waals surface area contributed by atoms with Crippen LogP contribution in [-0.4, -0.2) is 47.7 Å². The highest BCUT2D eigenvalue weighted by Crippen LogP contribution is 2.30. The predicted octanol–water partition coefficient (Wildman–Crippen LogP) is 1.72. The average molecular weight is 273 g/mol. The van der Waals surface area contributed by atoms with Crippen LogP contribution in [0.5, 0.6) is 0 Å². The van der Waals surface area contributed by atoms with Gasteiger partial charge in [0.25, 0.3) is 0 Å². The maximum atomic E-state index is 10.6. The minimum absolute atomic E-state index is 0.427. The molecule has 20 heavy (non-hydrogen) atoms. The molecule has 2 aromatic rings. The number of para-hydroxylation sites is 1. The molecule has 1 aromatic carbocycles. The normalized spacial score (nSPS) is 18.6. The summed E-state index contributed by atoms with van der Waals surface area (Å²) < 4.78 is 0. The van der Waals surface area contributed by atoms with Gasteiger partial charge in [-0.3, -0.25) is 4.90 Å². The fraction of sp³-hybridized carbons (Fsp3) is 0.500. The van der Waals surface area contributed by atoms with Crippen molar-refractivity contribution in [3.63, 3.8) is 0 Å². The smallest absolute Gasteiger partial charge is 0.0940 e. The lowest BCUT2D eigenvalue weighted by molar-refractivity contribution is 0.106. The molecule has 108 valence electrons. The Labute approximate surface area is 119 Å². The highest BCUT2D eigenvalue weighted by atomic mass is 16.3. The molecule has 0 saturated carbocycles. The van der Waals surface area contributed by atoms with Crippen molar-refractivity contribution in [2.75, 3.05) is 32.7 Å². The first kappa shape index (κ1) is 13.6. The zero-order valence-corrected chi connectivity index (χ0v) is 12.2. The molecule has 3 rings (SSSR count). The fourth-order valence-corrected chi connectivity index (χ4v) is 3.17. The van der Waals surface area contributed by atoms with Gasteiger partial charge in [-0.15, -0.1) is 0 Å². The van der Waals surface area contributed by atoms with Crippen molar-refractivity contribution in [2.45, 2.75) is 20.0 Å². The van der Waals surface area contributed by atoms with Gasteiger partial charge in [-0.05, 0) is 19.4 Å². The second-order valence-corrected chi connectivity index (χ2v) is 5.73. The Morgan fingerprint density at radius 2 is 2.00 bits per heavy atom. The summed E-state index contributed by atoms with van der Waals surface area (Å²) in [7, 11) is 0. The summed E-state index contributed by atoms with van der Waals surface area (Å²) in [5.41, 5.74) is 4.52. The molecule has 4 nitrogen and oxygen atoms in total. The number of aliphatic hydroxyl groups excluding tert-OH is 1. The number of H-pyrrole nitrogens is 1. The first-order valence-corrected chi connectivity index (χ1v) is 7.35. The molecule has 3 N–H and O–H groups in total. The van der Waals surface area contributed by atoms with E-state index in [0.717, 1.165) is 48.3 Å². The van der Waals surface area contributed by atoms with Crippen molar-refractivity contribution in [1.82, 2.24) is 15.2 Å². The number of fused-ring (bicyclic) bond motifs is 1. The SMILES string of the molecule is Cc1[nH]c2c(C)cccc2c1C(O)CN1CCNCC1. The van der Waals surface area contributed by atoms with Gasteiger partial charge in [0, 0.05) is 54.9 Å². The predicted molar refractivity (Wildman–Crippen MR) is 82.0 cm³/mol. The van der Waals surface area contributed by atoms with E-state index in [1.54, 1.807) is 0 Å². The number of nitrogens with one attached hydrogen (secondary N) is 2. The average Bonchev–Trinajstić information content (AvgIpc) is 2.78. The molecule has 1 aliphatic rings. The number of aliphatic hydroxyl groups is 1. The van der Waals surface area contributed by atoms with Crippen molar-refractivity contribution in [3.05, 3.63) is 35.0 Å². The summed E-state index contributed by atoms with van der Waals surface area (Å²) in [5.74, 6) is 0. The van der Waals surface area contributed by atoms with Crippen molar-refractivity contribution < 1.29 is 5.11 Å². The van der Waals surface area contributed by atoms with Crippen LogP contribution in [0, 0.1) is 13.8 Å². The van der Waals surface area contributed by atoms with Crippen molar-refractivity contribution in [3.8, 4) is 0 Å². The molecular formula is C16H23N3O. The van der Waals surface area contributed by atoms with Crippen LogP contribution in [-0.2, 0) is 0 Å². The molecule has 0 spiro atoms. The standard InChI is InChI=1S/C16H23N3O/c1-11-4-3-5-13-15(12(2)18-16(11)13)14(20)10-19-8-6-17-7-9-19/h3-5,14,17-18,20H,6-10H2,1-2H3. The van der Waals surface area contributed by atoms with Gasteiger partial charge < -0.3 is 15.4 Å². The van der Waals surface area contributed by atoms with Crippen LogP contribution in [0.4, 0.5) is 0 Å². The summed E-state index contributed by atoms with van der Waals surface area (Å²) >= 11 is 0. The molecule has 1 aliphatic heterocycles. The maximum absolute atomic E-state index is 10.6. The van der Waals surface area contributed by atoms with E-state index in [-0.39, 0.29) is 0 Å². The van der Waals surface area contributed by atoms with Crippen LogP contribution in [0.25, 0.3) is 10.9 Å². The van der Waals surface area contributed by atoms with Crippen molar-refractivity contribution >= 4 is 10.9 Å². The lowest BCUT2D eigenvalue weighted by Gasteiger charge is -2.29. The van der Waals surface area contributed by atoms with E-state index in [0.29, 0.717) is 6.54 Å². The van der Waals surface area contributed by atoms with Crippen LogP contribution in [0.2, 0.25) is 0 Å². The van der Waals surface area contributed by atoms with Crippen LogP contribution < -0.4 is 5.32 Å². The third kappa shape index (κ3) is 2.46. The van der Waals surface area contributed by atoms with Crippen LogP contribution in [0.15, 0.2) is 18.2 Å². The summed E-state index contributed by atoms with van der Waals surface area (Å²) in [4.78, 5) is 5.75. The van der Waals surface area contributed by atoms with Crippen molar-refractivity contribution in [2.24, 2.45) is 0 Å². The maximum Gasteiger partial charge on any atom is 0.0940 e. The van der Waals surface area contributed by atoms with Gasteiger partial charge >= 0.3 is 0 Å². The molecule has 0 aliphatic carbocycles. The van der Waals surface area contributed by atoms with Gasteiger partial charge in [-0.1, -0.05) is 18.2 Å². The molecule has 0 radical (unpaired) electrons. The second kappa shape index (κ2) is 5.56. The fourth-order valence-electron chi connectivity index (χ4n) is 3.17. The van der Waals surface area contributed by atoms with E-state index in [2.05, 4.69) is 47.2 Å². The number of β-amino-alcohol motifs (C(OH)–C–C–N with tert-alkyl or cyclic N) is 1. The van der Waals surface area contributed by atoms with Gasteiger partial charge in [-0.25, -0.2) is 0 Å². The summed E-state index contributed by atoms with van der Waals surface area (Å²) in [6, 6.07) is 6.26. The quantitative estimate of drug-likeness (QED) is 0.798. The Hall–Kier alpha value is -1.36. The lowest BCUT2D eigenvalue weighted by Crippen LogP contribution is -2.45. The molecule has 0 amide bonds. The third-order valence-corrected chi connectivity index (χ3v) is 4.25. The Bertz CT molecular complexity index is 599. The second-order valence-electron chi connectivity index (χ2n) is 5.73. The molecule has 4 heteroatoms. The summed E-state index contributed by atoms with van der Waals surface area (Å²) in [5, 5.41) is 15.1. The lowest BCUT2D eigenvalue weighted by atomic mass is 10.0. The van der Waals surface area contributed by atoms with Gasteiger partial charge in [0.15, 0.2) is 0 Å². The van der Waals surface area contributed by atoms with E-state index in [1.807, 2.05) is 0 Å². The number of piperazine rings is 1. The largest absolute Gasteiger partial charge is 0.387 e. The molecule has 1 aromatic heterocycles.